The Bertz CT molecular complexity index is 402. The van der Waals surface area contributed by atoms with Gasteiger partial charge in [-0.2, -0.15) is 0 Å². The molecule has 0 spiro atoms. The Kier molecular flexibility index (Phi) is 3.01. The van der Waals surface area contributed by atoms with Gasteiger partial charge in [-0.25, -0.2) is 5.06 Å². The van der Waals surface area contributed by atoms with Gasteiger partial charge in [0.05, 0.1) is 6.54 Å². The summed E-state index contributed by atoms with van der Waals surface area (Å²) in [6.07, 6.45) is 0. The van der Waals surface area contributed by atoms with Gasteiger partial charge in [0.1, 0.15) is 6.61 Å². The molecule has 0 aliphatic carbocycles. The largest absolute Gasteiger partial charge is 0.313 e. The number of rotatable bonds is 3. The van der Waals surface area contributed by atoms with Crippen molar-refractivity contribution in [1.29, 1.82) is 0 Å². The Morgan fingerprint density at radius 2 is 2.00 bits per heavy atom. The number of benzene rings is 1. The molecule has 0 radical (unpaired) electrons. The van der Waals surface area contributed by atoms with Crippen molar-refractivity contribution in [1.82, 2.24) is 5.06 Å². The quantitative estimate of drug-likeness (QED) is 0.717. The summed E-state index contributed by atoms with van der Waals surface area (Å²) in [6.45, 7) is 2.39. The highest BCUT2D eigenvalue weighted by atomic mass is 16.7. The molecule has 1 fully saturated rings. The first-order chi connectivity index (χ1) is 7.68. The van der Waals surface area contributed by atoms with Crippen LogP contribution in [-0.4, -0.2) is 23.3 Å². The van der Waals surface area contributed by atoms with E-state index >= 15 is 0 Å². The Morgan fingerprint density at radius 1 is 1.31 bits per heavy atom. The molecule has 1 aliphatic rings. The lowest BCUT2D eigenvalue weighted by Gasteiger charge is -2.14. The van der Waals surface area contributed by atoms with Crippen molar-refractivity contribution >= 4 is 11.7 Å². The van der Waals surface area contributed by atoms with E-state index in [1.54, 1.807) is 6.92 Å². The second-order valence-electron chi connectivity index (χ2n) is 3.89. The van der Waals surface area contributed by atoms with E-state index in [1.165, 1.54) is 0 Å². The van der Waals surface area contributed by atoms with Crippen molar-refractivity contribution in [3.63, 3.8) is 0 Å². The van der Waals surface area contributed by atoms with Gasteiger partial charge in [-0.3, -0.25) is 14.4 Å². The molecule has 0 saturated carbocycles. The van der Waals surface area contributed by atoms with Gasteiger partial charge in [-0.1, -0.05) is 37.3 Å². The maximum atomic E-state index is 11.4. The molecule has 1 aromatic carbocycles. The molecule has 1 aromatic rings. The van der Waals surface area contributed by atoms with Crippen molar-refractivity contribution in [2.45, 2.75) is 13.5 Å². The maximum absolute atomic E-state index is 11.4. The number of hydrogen-bond acceptors (Lipinski definition) is 3. The van der Waals surface area contributed by atoms with Crippen LogP contribution in [0.3, 0.4) is 0 Å². The summed E-state index contributed by atoms with van der Waals surface area (Å²) in [6, 6.07) is 9.53. The van der Waals surface area contributed by atoms with Crippen LogP contribution >= 0.6 is 0 Å². The highest BCUT2D eigenvalue weighted by molar-refractivity contribution is 6.38. The Morgan fingerprint density at radius 3 is 2.56 bits per heavy atom. The standard InChI is InChI=1S/C12H13NO3/c1-9-7-13(12(15)11(9)14)16-8-10-5-3-2-4-6-10/h2-6,9H,7-8H2,1H3/t9-/m1/s1. The third-order valence-corrected chi connectivity index (χ3v) is 2.55. The van der Waals surface area contributed by atoms with E-state index in [2.05, 4.69) is 0 Å². The molecule has 1 amide bonds. The smallest absolute Gasteiger partial charge is 0.288 e. The summed E-state index contributed by atoms with van der Waals surface area (Å²) >= 11 is 0. The topological polar surface area (TPSA) is 46.6 Å². The molecule has 0 N–H and O–H groups in total. The number of carbonyl (C=O) groups excluding carboxylic acids is 2. The van der Waals surface area contributed by atoms with Gasteiger partial charge in [-0.15, -0.1) is 0 Å². The summed E-state index contributed by atoms with van der Waals surface area (Å²) in [5.41, 5.74) is 0.974. The minimum atomic E-state index is -0.538. The molecule has 1 atom stereocenters. The summed E-state index contributed by atoms with van der Waals surface area (Å²) in [7, 11) is 0. The molecule has 1 heterocycles. The highest BCUT2D eigenvalue weighted by Gasteiger charge is 2.36. The van der Waals surface area contributed by atoms with Gasteiger partial charge in [0.2, 0.25) is 5.78 Å². The van der Waals surface area contributed by atoms with Crippen LogP contribution in [0.15, 0.2) is 30.3 Å². The van der Waals surface area contributed by atoms with Crippen LogP contribution in [0.2, 0.25) is 0 Å². The SMILES string of the molecule is C[C@@H]1CN(OCc2ccccc2)C(=O)C1=O. The number of nitrogens with zero attached hydrogens (tertiary/aromatic N) is 1. The normalized spacial score (nSPS) is 20.6. The number of ketones is 1. The molecule has 1 aliphatic heterocycles. The van der Waals surface area contributed by atoms with Gasteiger partial charge >= 0.3 is 5.91 Å². The zero-order chi connectivity index (χ0) is 11.5. The first kappa shape index (κ1) is 10.8. The lowest BCUT2D eigenvalue weighted by atomic mass is 10.1. The van der Waals surface area contributed by atoms with E-state index in [4.69, 9.17) is 4.84 Å². The molecule has 84 valence electrons. The summed E-state index contributed by atoms with van der Waals surface area (Å²) in [5, 5.41) is 1.15. The monoisotopic (exact) mass is 219 g/mol. The van der Waals surface area contributed by atoms with Crippen molar-refractivity contribution in [2.24, 2.45) is 5.92 Å². The van der Waals surface area contributed by atoms with E-state index in [1.807, 2.05) is 30.3 Å². The van der Waals surface area contributed by atoms with Gasteiger partial charge < -0.3 is 0 Å². The number of amides is 1. The zero-order valence-corrected chi connectivity index (χ0v) is 9.05. The first-order valence-corrected chi connectivity index (χ1v) is 5.21. The number of carbonyl (C=O) groups is 2. The molecule has 4 nitrogen and oxygen atoms in total. The average Bonchev–Trinajstić information content (AvgIpc) is 2.56. The fourth-order valence-corrected chi connectivity index (χ4v) is 1.59. The molecule has 1 saturated heterocycles. The molecule has 16 heavy (non-hydrogen) atoms. The van der Waals surface area contributed by atoms with Crippen LogP contribution in [0.1, 0.15) is 12.5 Å². The predicted molar refractivity (Wildman–Crippen MR) is 57.1 cm³/mol. The van der Waals surface area contributed by atoms with Crippen LogP contribution in [0.5, 0.6) is 0 Å². The Hall–Kier alpha value is -1.68. The highest BCUT2D eigenvalue weighted by Crippen LogP contribution is 2.15. The number of hydrogen-bond donors (Lipinski definition) is 0. The first-order valence-electron chi connectivity index (χ1n) is 5.21. The van der Waals surface area contributed by atoms with Gasteiger partial charge in [0.25, 0.3) is 0 Å². The fraction of sp³-hybridized carbons (Fsp3) is 0.333. The minimum Gasteiger partial charge on any atom is -0.288 e. The molecule has 0 unspecified atom stereocenters. The Balaban J connectivity index is 1.93. The van der Waals surface area contributed by atoms with Crippen molar-refractivity contribution in [3.05, 3.63) is 35.9 Å². The fourth-order valence-electron chi connectivity index (χ4n) is 1.59. The summed E-state index contributed by atoms with van der Waals surface area (Å²) in [5.74, 6) is -1.17. The summed E-state index contributed by atoms with van der Waals surface area (Å²) in [4.78, 5) is 27.9. The van der Waals surface area contributed by atoms with Gasteiger partial charge in [0.15, 0.2) is 0 Å². The molecule has 0 bridgehead atoms. The van der Waals surface area contributed by atoms with E-state index < -0.39 is 5.91 Å². The van der Waals surface area contributed by atoms with Gasteiger partial charge in [0, 0.05) is 5.92 Å². The van der Waals surface area contributed by atoms with E-state index in [9.17, 15) is 9.59 Å². The Labute approximate surface area is 93.8 Å². The second kappa shape index (κ2) is 4.45. The van der Waals surface area contributed by atoms with Crippen molar-refractivity contribution in [3.8, 4) is 0 Å². The van der Waals surface area contributed by atoms with E-state index in [0.29, 0.717) is 13.2 Å². The second-order valence-corrected chi connectivity index (χ2v) is 3.89. The summed E-state index contributed by atoms with van der Waals surface area (Å²) < 4.78 is 0. The van der Waals surface area contributed by atoms with Crippen LogP contribution in [0.25, 0.3) is 0 Å². The maximum Gasteiger partial charge on any atom is 0.313 e. The molecular formula is C12H13NO3. The van der Waals surface area contributed by atoms with Gasteiger partial charge in [-0.05, 0) is 5.56 Å². The zero-order valence-electron chi connectivity index (χ0n) is 9.05. The lowest BCUT2D eigenvalue weighted by molar-refractivity contribution is -0.183. The van der Waals surface area contributed by atoms with Crippen LogP contribution in [0.4, 0.5) is 0 Å². The van der Waals surface area contributed by atoms with Crippen LogP contribution in [-0.2, 0) is 21.0 Å². The van der Waals surface area contributed by atoms with Crippen molar-refractivity contribution in [2.75, 3.05) is 6.54 Å². The van der Waals surface area contributed by atoms with Crippen LogP contribution in [0, 0.1) is 5.92 Å². The van der Waals surface area contributed by atoms with E-state index in [-0.39, 0.29) is 11.7 Å². The third-order valence-electron chi connectivity index (χ3n) is 2.55. The predicted octanol–water partition coefficient (Wildman–Crippen LogP) is 1.17. The minimum absolute atomic E-state index is 0.261. The number of hydroxylamine groups is 2. The average molecular weight is 219 g/mol. The lowest BCUT2D eigenvalue weighted by Crippen LogP contribution is -2.27. The number of Topliss-reactive ketones (excluding diaryl/α,β-unsaturated/α-hetero) is 1. The molecule has 4 heteroatoms. The molecule has 2 rings (SSSR count). The van der Waals surface area contributed by atoms with E-state index in [0.717, 1.165) is 10.6 Å². The third kappa shape index (κ3) is 2.12. The molecule has 0 aromatic heterocycles. The molecular weight excluding hydrogens is 206 g/mol. The van der Waals surface area contributed by atoms with Crippen molar-refractivity contribution < 1.29 is 14.4 Å². The van der Waals surface area contributed by atoms with Crippen LogP contribution < -0.4 is 0 Å².